The second kappa shape index (κ2) is 9.91. The maximum absolute atomic E-state index is 13.1. The Kier molecular flexibility index (Phi) is 6.68. The number of aromatic nitrogens is 1. The number of thiophene rings is 1. The minimum Gasteiger partial charge on any atom is -0.460 e. The van der Waals surface area contributed by atoms with E-state index in [2.05, 4.69) is 10.3 Å². The van der Waals surface area contributed by atoms with Crippen molar-refractivity contribution in [2.45, 2.75) is 39.7 Å². The van der Waals surface area contributed by atoms with Crippen LogP contribution in [0.15, 0.2) is 40.9 Å². The monoisotopic (exact) mass is 507 g/mol. The van der Waals surface area contributed by atoms with Gasteiger partial charge in [0, 0.05) is 36.8 Å². The third-order valence-corrected chi connectivity index (χ3v) is 7.53. The minimum absolute atomic E-state index is 0.0287. The van der Waals surface area contributed by atoms with Crippen molar-refractivity contribution in [2.24, 2.45) is 5.92 Å². The molecule has 1 aliphatic heterocycles. The van der Waals surface area contributed by atoms with Crippen molar-refractivity contribution < 1.29 is 23.8 Å². The van der Waals surface area contributed by atoms with Crippen LogP contribution in [0.4, 0.5) is 0 Å². The molecular weight excluding hydrogens is 478 g/mol. The highest BCUT2D eigenvalue weighted by molar-refractivity contribution is 7.21. The first-order chi connectivity index (χ1) is 17.4. The van der Waals surface area contributed by atoms with E-state index in [4.69, 9.17) is 9.15 Å². The highest BCUT2D eigenvalue weighted by Crippen LogP contribution is 2.37. The summed E-state index contributed by atoms with van der Waals surface area (Å²) < 4.78 is 12.8. The Hall–Kier alpha value is -3.43. The van der Waals surface area contributed by atoms with Gasteiger partial charge in [-0.1, -0.05) is 13.8 Å². The molecule has 1 saturated heterocycles. The predicted molar refractivity (Wildman–Crippen MR) is 139 cm³/mol. The van der Waals surface area contributed by atoms with Gasteiger partial charge in [0.2, 0.25) is 0 Å². The van der Waals surface area contributed by atoms with Crippen LogP contribution in [0.1, 0.15) is 52.5 Å². The molecule has 0 spiro atoms. The largest absolute Gasteiger partial charge is 0.460 e. The SMILES string of the molecule is Cc1oc2cc(Oc3ccnc4cc(C(=O)N5CCC[C@H]5CO)sc34)ccc2c1C(=O)NCC(C)C. The molecule has 9 heteroatoms. The van der Waals surface area contributed by atoms with Gasteiger partial charge in [-0.25, -0.2) is 0 Å². The summed E-state index contributed by atoms with van der Waals surface area (Å²) in [5.74, 6) is 1.81. The number of ether oxygens (including phenoxy) is 1. The van der Waals surface area contributed by atoms with Crippen LogP contribution in [0.5, 0.6) is 11.5 Å². The molecule has 0 bridgehead atoms. The number of pyridine rings is 1. The van der Waals surface area contributed by atoms with E-state index in [0.717, 1.165) is 22.9 Å². The van der Waals surface area contributed by atoms with Crippen molar-refractivity contribution in [3.05, 3.63) is 52.7 Å². The van der Waals surface area contributed by atoms with E-state index in [0.29, 0.717) is 57.8 Å². The van der Waals surface area contributed by atoms with Gasteiger partial charge in [-0.2, -0.15) is 0 Å². The van der Waals surface area contributed by atoms with Crippen molar-refractivity contribution in [2.75, 3.05) is 19.7 Å². The number of furan rings is 1. The standard InChI is InChI=1S/C27H29N3O5S/c1-15(2)13-29-26(32)24-16(3)34-22-11-18(6-7-19(22)24)35-21-8-9-28-20-12-23(36-25(20)21)27(33)30-10-4-5-17(30)14-31/h6-9,11-12,15,17,31H,4-5,10,13-14H2,1-3H3,(H,29,32)/t17-/m0/s1. The van der Waals surface area contributed by atoms with E-state index in [1.165, 1.54) is 11.3 Å². The van der Waals surface area contributed by atoms with E-state index in [-0.39, 0.29) is 24.5 Å². The lowest BCUT2D eigenvalue weighted by Gasteiger charge is -2.22. The van der Waals surface area contributed by atoms with Gasteiger partial charge in [-0.15, -0.1) is 11.3 Å². The zero-order chi connectivity index (χ0) is 25.4. The average molecular weight is 508 g/mol. The van der Waals surface area contributed by atoms with E-state index in [1.807, 2.05) is 19.9 Å². The zero-order valence-electron chi connectivity index (χ0n) is 20.5. The predicted octanol–water partition coefficient (Wildman–Crippen LogP) is 5.13. The topological polar surface area (TPSA) is 105 Å². The number of amides is 2. The summed E-state index contributed by atoms with van der Waals surface area (Å²) in [6.45, 7) is 7.08. The first-order valence-corrected chi connectivity index (χ1v) is 13.0. The molecule has 0 unspecified atom stereocenters. The molecule has 4 heterocycles. The maximum atomic E-state index is 13.1. The number of aliphatic hydroxyl groups is 1. The molecule has 188 valence electrons. The molecule has 1 fully saturated rings. The molecule has 1 aliphatic rings. The molecule has 1 aromatic carbocycles. The number of likely N-dealkylation sites (tertiary alicyclic amines) is 1. The van der Waals surface area contributed by atoms with Gasteiger partial charge >= 0.3 is 0 Å². The number of aryl methyl sites for hydroxylation is 1. The number of hydrogen-bond acceptors (Lipinski definition) is 7. The highest BCUT2D eigenvalue weighted by Gasteiger charge is 2.30. The molecule has 2 N–H and O–H groups in total. The number of carbonyl (C=O) groups is 2. The number of benzene rings is 1. The summed E-state index contributed by atoms with van der Waals surface area (Å²) in [6, 6.07) is 8.81. The summed E-state index contributed by atoms with van der Waals surface area (Å²) >= 11 is 1.34. The molecule has 36 heavy (non-hydrogen) atoms. The molecule has 3 aromatic heterocycles. The summed E-state index contributed by atoms with van der Waals surface area (Å²) in [5, 5.41) is 13.3. The maximum Gasteiger partial charge on any atom is 0.264 e. The van der Waals surface area contributed by atoms with Crippen molar-refractivity contribution in [3.8, 4) is 11.5 Å². The third-order valence-electron chi connectivity index (χ3n) is 6.40. The number of rotatable bonds is 7. The van der Waals surface area contributed by atoms with Gasteiger partial charge in [0.15, 0.2) is 0 Å². The summed E-state index contributed by atoms with van der Waals surface area (Å²) in [4.78, 5) is 32.5. The van der Waals surface area contributed by atoms with E-state index in [9.17, 15) is 14.7 Å². The fourth-order valence-corrected chi connectivity index (χ4v) is 5.61. The molecule has 0 radical (unpaired) electrons. The Labute approximate surface area is 212 Å². The molecule has 0 saturated carbocycles. The van der Waals surface area contributed by atoms with Crippen LogP contribution in [-0.2, 0) is 0 Å². The number of fused-ring (bicyclic) bond motifs is 2. The van der Waals surface area contributed by atoms with Gasteiger partial charge in [0.25, 0.3) is 11.8 Å². The molecule has 4 aromatic rings. The fourth-order valence-electron chi connectivity index (χ4n) is 4.59. The van der Waals surface area contributed by atoms with Gasteiger partial charge in [0.05, 0.1) is 33.3 Å². The lowest BCUT2D eigenvalue weighted by atomic mass is 10.1. The van der Waals surface area contributed by atoms with E-state index >= 15 is 0 Å². The van der Waals surface area contributed by atoms with Gasteiger partial charge in [0.1, 0.15) is 22.8 Å². The normalized spacial score (nSPS) is 15.8. The van der Waals surface area contributed by atoms with Crippen LogP contribution >= 0.6 is 11.3 Å². The highest BCUT2D eigenvalue weighted by atomic mass is 32.1. The minimum atomic E-state index is -0.151. The smallest absolute Gasteiger partial charge is 0.264 e. The number of hydrogen-bond donors (Lipinski definition) is 2. The van der Waals surface area contributed by atoms with Crippen LogP contribution in [0, 0.1) is 12.8 Å². The van der Waals surface area contributed by atoms with Crippen LogP contribution in [0.25, 0.3) is 21.2 Å². The van der Waals surface area contributed by atoms with Crippen LogP contribution in [0.2, 0.25) is 0 Å². The van der Waals surface area contributed by atoms with E-state index in [1.54, 1.807) is 42.3 Å². The number of nitrogens with zero attached hydrogens (tertiary/aromatic N) is 2. The van der Waals surface area contributed by atoms with Gasteiger partial charge in [-0.05, 0) is 43.9 Å². The number of aliphatic hydroxyl groups excluding tert-OH is 1. The summed E-state index contributed by atoms with van der Waals surface area (Å²) in [5.41, 5.74) is 1.78. The van der Waals surface area contributed by atoms with Gasteiger partial charge in [-0.3, -0.25) is 14.6 Å². The number of carbonyl (C=O) groups excluding carboxylic acids is 2. The first kappa shape index (κ1) is 24.3. The van der Waals surface area contributed by atoms with Crippen LogP contribution in [0.3, 0.4) is 0 Å². The third kappa shape index (κ3) is 4.56. The quantitative estimate of drug-likeness (QED) is 0.360. The Morgan fingerprint density at radius 3 is 2.92 bits per heavy atom. The molecule has 5 rings (SSSR count). The Balaban J connectivity index is 1.41. The molecular formula is C27H29N3O5S. The Morgan fingerprint density at radius 2 is 2.14 bits per heavy atom. The fraction of sp³-hybridized carbons (Fsp3) is 0.370. The summed E-state index contributed by atoms with van der Waals surface area (Å²) in [6.07, 6.45) is 3.36. The van der Waals surface area contributed by atoms with Crippen molar-refractivity contribution >= 4 is 44.3 Å². The van der Waals surface area contributed by atoms with Crippen LogP contribution in [-0.4, -0.2) is 52.5 Å². The average Bonchev–Trinajstić information content (AvgIpc) is 3.58. The summed E-state index contributed by atoms with van der Waals surface area (Å²) in [7, 11) is 0. The van der Waals surface area contributed by atoms with Crippen molar-refractivity contribution in [3.63, 3.8) is 0 Å². The second-order valence-corrected chi connectivity index (χ2v) is 10.6. The Bertz CT molecular complexity index is 1440. The van der Waals surface area contributed by atoms with Crippen molar-refractivity contribution in [1.82, 2.24) is 15.2 Å². The number of nitrogens with one attached hydrogen (secondary N) is 1. The van der Waals surface area contributed by atoms with E-state index < -0.39 is 0 Å². The zero-order valence-corrected chi connectivity index (χ0v) is 21.4. The van der Waals surface area contributed by atoms with Crippen LogP contribution < -0.4 is 10.1 Å². The molecule has 8 nitrogen and oxygen atoms in total. The lowest BCUT2D eigenvalue weighted by Crippen LogP contribution is -2.37. The Morgan fingerprint density at radius 1 is 1.31 bits per heavy atom. The molecule has 2 amide bonds. The lowest BCUT2D eigenvalue weighted by molar-refractivity contribution is 0.0682. The second-order valence-electron chi connectivity index (χ2n) is 9.51. The van der Waals surface area contributed by atoms with Gasteiger partial charge < -0.3 is 24.5 Å². The molecule has 0 aliphatic carbocycles. The first-order valence-electron chi connectivity index (χ1n) is 12.1. The van der Waals surface area contributed by atoms with Crippen molar-refractivity contribution in [1.29, 1.82) is 0 Å². The molecule has 1 atom stereocenters.